The molecule has 1 aliphatic carbocycles. The summed E-state index contributed by atoms with van der Waals surface area (Å²) in [6.07, 6.45) is 10.1. The van der Waals surface area contributed by atoms with Gasteiger partial charge in [-0.3, -0.25) is 0 Å². The first-order valence-electron chi connectivity index (χ1n) is 6.91. The molecule has 0 heterocycles. The summed E-state index contributed by atoms with van der Waals surface area (Å²) in [6.45, 7) is 4.46. The van der Waals surface area contributed by atoms with Gasteiger partial charge in [0.1, 0.15) is 0 Å². The molecule has 0 saturated heterocycles. The summed E-state index contributed by atoms with van der Waals surface area (Å²) < 4.78 is 0. The fourth-order valence-electron chi connectivity index (χ4n) is 2.75. The molecular formula is C14H26N2. The zero-order chi connectivity index (χ0) is 11.8. The lowest BCUT2D eigenvalue weighted by Crippen LogP contribution is -2.40. The lowest BCUT2D eigenvalue weighted by atomic mass is 9.92. The van der Waals surface area contributed by atoms with Crippen molar-refractivity contribution in [3.63, 3.8) is 0 Å². The monoisotopic (exact) mass is 222 g/mol. The maximum Gasteiger partial charge on any atom is 0.0638 e. The van der Waals surface area contributed by atoms with E-state index in [4.69, 9.17) is 5.26 Å². The smallest absolute Gasteiger partial charge is 0.0638 e. The first-order chi connectivity index (χ1) is 7.77. The Labute approximate surface area is 100 Å². The molecule has 0 radical (unpaired) electrons. The highest BCUT2D eigenvalue weighted by Crippen LogP contribution is 2.25. The quantitative estimate of drug-likeness (QED) is 0.721. The van der Waals surface area contributed by atoms with Gasteiger partial charge in [0.05, 0.1) is 12.5 Å². The van der Waals surface area contributed by atoms with Crippen LogP contribution in [0.3, 0.4) is 0 Å². The van der Waals surface area contributed by atoms with E-state index in [-0.39, 0.29) is 0 Å². The molecule has 1 fully saturated rings. The Balaban J connectivity index is 2.36. The van der Waals surface area contributed by atoms with Crippen LogP contribution in [0, 0.1) is 17.2 Å². The van der Waals surface area contributed by atoms with E-state index in [1.165, 1.54) is 38.5 Å². The van der Waals surface area contributed by atoms with Crippen LogP contribution in [-0.2, 0) is 0 Å². The summed E-state index contributed by atoms with van der Waals surface area (Å²) in [5.74, 6) is 0.829. The zero-order valence-corrected chi connectivity index (χ0v) is 10.8. The van der Waals surface area contributed by atoms with Crippen LogP contribution in [-0.4, -0.2) is 12.1 Å². The first-order valence-corrected chi connectivity index (χ1v) is 6.91. The number of nitrogens with one attached hydrogen (secondary N) is 1. The molecule has 1 N–H and O–H groups in total. The number of nitriles is 1. The minimum Gasteiger partial charge on any atom is -0.310 e. The lowest BCUT2D eigenvalue weighted by Gasteiger charge is -2.27. The van der Waals surface area contributed by atoms with Gasteiger partial charge in [0.25, 0.3) is 0 Å². The van der Waals surface area contributed by atoms with Gasteiger partial charge in [-0.15, -0.1) is 0 Å². The molecule has 1 rings (SSSR count). The van der Waals surface area contributed by atoms with Crippen molar-refractivity contribution in [2.75, 3.05) is 0 Å². The number of hydrogen-bond donors (Lipinski definition) is 1. The molecule has 0 aromatic rings. The van der Waals surface area contributed by atoms with Gasteiger partial charge in [0, 0.05) is 12.1 Å². The molecule has 2 heteroatoms. The van der Waals surface area contributed by atoms with Crippen LogP contribution < -0.4 is 5.32 Å². The van der Waals surface area contributed by atoms with Crippen LogP contribution in [0.4, 0.5) is 0 Å². The van der Waals surface area contributed by atoms with Gasteiger partial charge in [-0.1, -0.05) is 32.6 Å². The molecule has 0 aromatic carbocycles. The average molecular weight is 222 g/mol. The van der Waals surface area contributed by atoms with E-state index < -0.39 is 0 Å². The van der Waals surface area contributed by atoms with Gasteiger partial charge in [-0.05, 0) is 32.1 Å². The van der Waals surface area contributed by atoms with E-state index in [1.54, 1.807) is 0 Å². The highest BCUT2D eigenvalue weighted by molar-refractivity contribution is 4.84. The van der Waals surface area contributed by atoms with Gasteiger partial charge in [-0.2, -0.15) is 5.26 Å². The molecular weight excluding hydrogens is 196 g/mol. The molecule has 16 heavy (non-hydrogen) atoms. The summed E-state index contributed by atoms with van der Waals surface area (Å²) >= 11 is 0. The van der Waals surface area contributed by atoms with Gasteiger partial charge in [0.15, 0.2) is 0 Å². The predicted molar refractivity (Wildman–Crippen MR) is 68.1 cm³/mol. The van der Waals surface area contributed by atoms with Crippen LogP contribution in [0.1, 0.15) is 65.2 Å². The van der Waals surface area contributed by atoms with Crippen molar-refractivity contribution in [2.24, 2.45) is 5.92 Å². The third-order valence-corrected chi connectivity index (χ3v) is 3.94. The van der Waals surface area contributed by atoms with E-state index in [9.17, 15) is 0 Å². The Morgan fingerprint density at radius 3 is 2.38 bits per heavy atom. The Morgan fingerprint density at radius 2 is 1.88 bits per heavy atom. The van der Waals surface area contributed by atoms with E-state index in [1.807, 2.05) is 0 Å². The molecule has 2 nitrogen and oxygen atoms in total. The van der Waals surface area contributed by atoms with Crippen LogP contribution in [0.15, 0.2) is 0 Å². The first kappa shape index (κ1) is 13.5. The third kappa shape index (κ3) is 4.53. The fourth-order valence-corrected chi connectivity index (χ4v) is 2.75. The van der Waals surface area contributed by atoms with Gasteiger partial charge < -0.3 is 5.32 Å². The standard InChI is InChI=1S/C14H26N2/c1-3-14(10-11-15)16-12(2)13-8-6-4-5-7-9-13/h12-14,16H,3-10H2,1-2H3/t12-,14?/m0/s1. The summed E-state index contributed by atoms with van der Waals surface area (Å²) in [5, 5.41) is 12.4. The van der Waals surface area contributed by atoms with Crippen molar-refractivity contribution in [3.8, 4) is 6.07 Å². The lowest BCUT2D eigenvalue weighted by molar-refractivity contribution is 0.306. The number of hydrogen-bond acceptors (Lipinski definition) is 2. The van der Waals surface area contributed by atoms with Crippen LogP contribution in [0.2, 0.25) is 0 Å². The van der Waals surface area contributed by atoms with E-state index in [2.05, 4.69) is 25.2 Å². The number of rotatable bonds is 5. The molecule has 0 bridgehead atoms. The van der Waals surface area contributed by atoms with Gasteiger partial charge in [0.2, 0.25) is 0 Å². The third-order valence-electron chi connectivity index (χ3n) is 3.94. The van der Waals surface area contributed by atoms with Gasteiger partial charge in [-0.25, -0.2) is 0 Å². The average Bonchev–Trinajstić information content (AvgIpc) is 2.56. The second kappa shape index (κ2) is 7.68. The molecule has 1 saturated carbocycles. The SMILES string of the molecule is CCC(CC#N)N[C@@H](C)C1CCCCCC1. The molecule has 0 aliphatic heterocycles. The molecule has 0 amide bonds. The van der Waals surface area contributed by atoms with Crippen molar-refractivity contribution >= 4 is 0 Å². The normalized spacial score (nSPS) is 22.1. The second-order valence-electron chi connectivity index (χ2n) is 5.17. The summed E-state index contributed by atoms with van der Waals surface area (Å²) in [6, 6.07) is 3.25. The largest absolute Gasteiger partial charge is 0.310 e. The molecule has 92 valence electrons. The minimum absolute atomic E-state index is 0.392. The molecule has 1 aliphatic rings. The maximum absolute atomic E-state index is 8.75. The molecule has 0 spiro atoms. The Bertz CT molecular complexity index is 211. The fraction of sp³-hybridized carbons (Fsp3) is 0.929. The Hall–Kier alpha value is -0.550. The maximum atomic E-state index is 8.75. The molecule has 2 atom stereocenters. The van der Waals surface area contributed by atoms with Crippen molar-refractivity contribution in [1.29, 1.82) is 5.26 Å². The van der Waals surface area contributed by atoms with Crippen LogP contribution in [0.25, 0.3) is 0 Å². The predicted octanol–water partition coefficient (Wildman–Crippen LogP) is 3.63. The van der Waals surface area contributed by atoms with E-state index >= 15 is 0 Å². The zero-order valence-electron chi connectivity index (χ0n) is 10.8. The van der Waals surface area contributed by atoms with Crippen molar-refractivity contribution in [1.82, 2.24) is 5.32 Å². The van der Waals surface area contributed by atoms with Crippen molar-refractivity contribution < 1.29 is 0 Å². The van der Waals surface area contributed by atoms with Crippen molar-refractivity contribution in [3.05, 3.63) is 0 Å². The molecule has 1 unspecified atom stereocenters. The summed E-state index contributed by atoms with van der Waals surface area (Å²) in [5.41, 5.74) is 0. The highest BCUT2D eigenvalue weighted by atomic mass is 14.9. The summed E-state index contributed by atoms with van der Waals surface area (Å²) in [7, 11) is 0. The second-order valence-corrected chi connectivity index (χ2v) is 5.17. The topological polar surface area (TPSA) is 35.8 Å². The number of nitrogens with zero attached hydrogens (tertiary/aromatic N) is 1. The Kier molecular flexibility index (Phi) is 6.49. The van der Waals surface area contributed by atoms with Gasteiger partial charge >= 0.3 is 0 Å². The van der Waals surface area contributed by atoms with E-state index in [0.717, 1.165) is 12.3 Å². The van der Waals surface area contributed by atoms with E-state index in [0.29, 0.717) is 18.5 Å². The molecule has 0 aromatic heterocycles. The minimum atomic E-state index is 0.392. The van der Waals surface area contributed by atoms with Crippen molar-refractivity contribution in [2.45, 2.75) is 77.3 Å². The Morgan fingerprint density at radius 1 is 1.25 bits per heavy atom. The highest BCUT2D eigenvalue weighted by Gasteiger charge is 2.20. The van der Waals surface area contributed by atoms with Crippen LogP contribution >= 0.6 is 0 Å². The summed E-state index contributed by atoms with van der Waals surface area (Å²) in [4.78, 5) is 0. The van der Waals surface area contributed by atoms with Crippen LogP contribution in [0.5, 0.6) is 0 Å².